The van der Waals surface area contributed by atoms with Gasteiger partial charge in [0.1, 0.15) is 11.6 Å². The molecule has 0 aliphatic heterocycles. The van der Waals surface area contributed by atoms with Crippen molar-refractivity contribution in [3.63, 3.8) is 0 Å². The molecule has 1 aromatic carbocycles. The van der Waals surface area contributed by atoms with Crippen LogP contribution in [0.5, 0.6) is 5.75 Å². The molecule has 2 rings (SSSR count). The van der Waals surface area contributed by atoms with E-state index in [1.807, 2.05) is 13.8 Å². The van der Waals surface area contributed by atoms with Crippen LogP contribution in [-0.4, -0.2) is 26.1 Å². The maximum Gasteiger partial charge on any atom is 0.263 e. The first-order valence-electron chi connectivity index (χ1n) is 8.26. The Kier molecular flexibility index (Phi) is 6.25. The molecule has 2 aromatic rings. The zero-order chi connectivity index (χ0) is 18.4. The predicted octanol–water partition coefficient (Wildman–Crippen LogP) is 3.74. The van der Waals surface area contributed by atoms with Crippen LogP contribution in [0.15, 0.2) is 47.5 Å². The Morgan fingerprint density at radius 1 is 1.04 bits per heavy atom. The number of sulfonamides is 1. The molecule has 0 aliphatic carbocycles. The van der Waals surface area contributed by atoms with Gasteiger partial charge in [0.25, 0.3) is 10.0 Å². The highest BCUT2D eigenvalue weighted by molar-refractivity contribution is 7.92. The summed E-state index contributed by atoms with van der Waals surface area (Å²) in [6.45, 7) is 8.88. The highest BCUT2D eigenvalue weighted by atomic mass is 32.2. The molecular weight excluding hydrogens is 338 g/mol. The van der Waals surface area contributed by atoms with Crippen molar-refractivity contribution >= 4 is 21.5 Å². The van der Waals surface area contributed by atoms with Gasteiger partial charge >= 0.3 is 0 Å². The Balaban J connectivity index is 2.05. The normalized spacial score (nSPS) is 11.6. The summed E-state index contributed by atoms with van der Waals surface area (Å²) in [4.78, 5) is 4.31. The summed E-state index contributed by atoms with van der Waals surface area (Å²) in [6.07, 6.45) is 1.65. The third-order valence-corrected chi connectivity index (χ3v) is 4.59. The molecule has 25 heavy (non-hydrogen) atoms. The van der Waals surface area contributed by atoms with Crippen molar-refractivity contribution in [1.82, 2.24) is 4.98 Å². The van der Waals surface area contributed by atoms with E-state index < -0.39 is 10.0 Å². The minimum absolute atomic E-state index is 0.0348. The van der Waals surface area contributed by atoms with Crippen LogP contribution in [0.1, 0.15) is 27.7 Å². The number of aromatic nitrogens is 1. The Hall–Kier alpha value is -2.28. The smallest absolute Gasteiger partial charge is 0.263 e. The number of benzene rings is 1. The van der Waals surface area contributed by atoms with E-state index in [1.165, 1.54) is 12.1 Å². The number of pyridine rings is 1. The number of rotatable bonds is 8. The molecule has 136 valence electrons. The molecule has 0 atom stereocenters. The summed E-state index contributed by atoms with van der Waals surface area (Å²) < 4.78 is 32.9. The van der Waals surface area contributed by atoms with E-state index in [0.29, 0.717) is 11.7 Å². The lowest BCUT2D eigenvalue weighted by Crippen LogP contribution is -2.14. The molecule has 0 unspecified atom stereocenters. The van der Waals surface area contributed by atoms with Crippen LogP contribution in [0.3, 0.4) is 0 Å². The molecule has 0 aliphatic rings. The van der Waals surface area contributed by atoms with Crippen molar-refractivity contribution in [3.8, 4) is 5.75 Å². The van der Waals surface area contributed by atoms with Gasteiger partial charge in [-0.2, -0.15) is 0 Å². The largest absolute Gasteiger partial charge is 0.491 e. The monoisotopic (exact) mass is 363 g/mol. The molecule has 6 nitrogen and oxygen atoms in total. The lowest BCUT2D eigenvalue weighted by molar-refractivity contribution is 0.242. The third kappa shape index (κ3) is 5.94. The van der Waals surface area contributed by atoms with Crippen molar-refractivity contribution in [1.29, 1.82) is 0 Å². The number of nitrogens with one attached hydrogen (secondary N) is 2. The fourth-order valence-corrected chi connectivity index (χ4v) is 3.06. The van der Waals surface area contributed by atoms with E-state index in [2.05, 4.69) is 28.9 Å². The number of hydrogen-bond donors (Lipinski definition) is 2. The lowest BCUT2D eigenvalue weighted by atomic mass is 10.2. The summed E-state index contributed by atoms with van der Waals surface area (Å²) in [5.74, 6) is 1.42. The van der Waals surface area contributed by atoms with Crippen LogP contribution in [0.4, 0.5) is 11.5 Å². The molecule has 0 saturated heterocycles. The van der Waals surface area contributed by atoms with Gasteiger partial charge in [0.2, 0.25) is 0 Å². The van der Waals surface area contributed by atoms with E-state index >= 15 is 0 Å². The lowest BCUT2D eigenvalue weighted by Gasteiger charge is -2.12. The molecule has 0 saturated carbocycles. The first-order valence-corrected chi connectivity index (χ1v) is 9.74. The summed E-state index contributed by atoms with van der Waals surface area (Å²) in [6, 6.07) is 9.74. The van der Waals surface area contributed by atoms with Gasteiger partial charge in [0.15, 0.2) is 0 Å². The van der Waals surface area contributed by atoms with Gasteiger partial charge in [-0.15, -0.1) is 0 Å². The van der Waals surface area contributed by atoms with Crippen LogP contribution < -0.4 is 14.8 Å². The predicted molar refractivity (Wildman–Crippen MR) is 101 cm³/mol. The summed E-state index contributed by atoms with van der Waals surface area (Å²) in [7, 11) is -3.69. The zero-order valence-corrected chi connectivity index (χ0v) is 15.8. The summed E-state index contributed by atoms with van der Waals surface area (Å²) in [5.41, 5.74) is 0.854. The van der Waals surface area contributed by atoms with Crippen LogP contribution in [0.2, 0.25) is 0 Å². The van der Waals surface area contributed by atoms with Gasteiger partial charge in [0, 0.05) is 6.54 Å². The van der Waals surface area contributed by atoms with Crippen LogP contribution in [0.25, 0.3) is 0 Å². The first-order chi connectivity index (χ1) is 11.8. The Labute approximate surface area is 149 Å². The molecule has 2 N–H and O–H groups in total. The average Bonchev–Trinajstić information content (AvgIpc) is 2.54. The second-order valence-electron chi connectivity index (χ2n) is 6.45. The highest BCUT2D eigenvalue weighted by Crippen LogP contribution is 2.20. The van der Waals surface area contributed by atoms with Crippen LogP contribution in [0, 0.1) is 5.92 Å². The van der Waals surface area contributed by atoms with E-state index in [4.69, 9.17) is 4.74 Å². The molecule has 0 fully saturated rings. The Morgan fingerprint density at radius 3 is 2.24 bits per heavy atom. The molecule has 1 heterocycles. The first kappa shape index (κ1) is 19.1. The summed E-state index contributed by atoms with van der Waals surface area (Å²) >= 11 is 0. The molecular formula is C18H25N3O3S. The van der Waals surface area contributed by atoms with Crippen molar-refractivity contribution in [3.05, 3.63) is 42.6 Å². The number of ether oxygens (including phenoxy) is 1. The highest BCUT2D eigenvalue weighted by Gasteiger charge is 2.15. The fraction of sp³-hybridized carbons (Fsp3) is 0.389. The standard InChI is InChI=1S/C18H25N3O3S/c1-13(2)11-19-15-5-10-18(20-12-15)21-25(22,23)17-8-6-16(7-9-17)24-14(3)4/h5-10,12-14,19H,11H2,1-4H3,(H,20,21). The third-order valence-electron chi connectivity index (χ3n) is 3.22. The topological polar surface area (TPSA) is 80.3 Å². The van der Waals surface area contributed by atoms with E-state index in [-0.39, 0.29) is 16.8 Å². The minimum atomic E-state index is -3.69. The van der Waals surface area contributed by atoms with Gasteiger partial charge in [-0.1, -0.05) is 13.8 Å². The fourth-order valence-electron chi connectivity index (χ4n) is 2.05. The number of hydrogen-bond acceptors (Lipinski definition) is 5. The van der Waals surface area contributed by atoms with Crippen molar-refractivity contribution in [2.75, 3.05) is 16.6 Å². The maximum absolute atomic E-state index is 12.4. The van der Waals surface area contributed by atoms with Crippen molar-refractivity contribution < 1.29 is 13.2 Å². The molecule has 0 spiro atoms. The van der Waals surface area contributed by atoms with E-state index in [0.717, 1.165) is 12.2 Å². The summed E-state index contributed by atoms with van der Waals surface area (Å²) in [5, 5.41) is 3.23. The van der Waals surface area contributed by atoms with Gasteiger partial charge in [-0.25, -0.2) is 13.4 Å². The zero-order valence-electron chi connectivity index (χ0n) is 15.0. The van der Waals surface area contributed by atoms with Crippen molar-refractivity contribution in [2.24, 2.45) is 5.92 Å². The molecule has 7 heteroatoms. The molecule has 0 bridgehead atoms. The van der Waals surface area contributed by atoms with Crippen LogP contribution >= 0.6 is 0 Å². The minimum Gasteiger partial charge on any atom is -0.491 e. The van der Waals surface area contributed by atoms with E-state index in [1.54, 1.807) is 30.5 Å². The van der Waals surface area contributed by atoms with Crippen molar-refractivity contribution in [2.45, 2.75) is 38.7 Å². The second kappa shape index (κ2) is 8.20. The van der Waals surface area contributed by atoms with Gasteiger partial charge < -0.3 is 10.1 Å². The Bertz CT molecular complexity index is 770. The van der Waals surface area contributed by atoms with E-state index in [9.17, 15) is 8.42 Å². The maximum atomic E-state index is 12.4. The molecule has 0 radical (unpaired) electrons. The molecule has 1 aromatic heterocycles. The Morgan fingerprint density at radius 2 is 1.72 bits per heavy atom. The average molecular weight is 363 g/mol. The quantitative estimate of drug-likeness (QED) is 0.747. The molecule has 0 amide bonds. The SMILES string of the molecule is CC(C)CNc1ccc(NS(=O)(=O)c2ccc(OC(C)C)cc2)nc1. The van der Waals surface area contributed by atoms with Gasteiger partial charge in [-0.05, 0) is 56.2 Å². The number of anilines is 2. The number of nitrogens with zero attached hydrogens (tertiary/aromatic N) is 1. The van der Waals surface area contributed by atoms with Gasteiger partial charge in [0.05, 0.1) is 22.9 Å². The second-order valence-corrected chi connectivity index (χ2v) is 8.13. The van der Waals surface area contributed by atoms with Crippen LogP contribution in [-0.2, 0) is 10.0 Å². The van der Waals surface area contributed by atoms with Gasteiger partial charge in [-0.3, -0.25) is 4.72 Å².